The van der Waals surface area contributed by atoms with Crippen molar-refractivity contribution in [2.75, 3.05) is 5.32 Å². The number of urea groups is 1. The molecule has 1 heterocycles. The zero-order valence-corrected chi connectivity index (χ0v) is 11.1. The number of amides is 2. The first kappa shape index (κ1) is 13.6. The molecule has 5 nitrogen and oxygen atoms in total. The molecule has 0 aliphatic carbocycles. The second-order valence-corrected chi connectivity index (χ2v) is 4.31. The molecular formula is C15H14N4O. The zero-order chi connectivity index (χ0) is 14.4. The van der Waals surface area contributed by atoms with Crippen LogP contribution in [0.1, 0.15) is 16.7 Å². The number of benzene rings is 1. The van der Waals surface area contributed by atoms with Crippen molar-refractivity contribution in [3.05, 3.63) is 59.4 Å². The van der Waals surface area contributed by atoms with Crippen molar-refractivity contribution >= 4 is 11.7 Å². The molecule has 100 valence electrons. The van der Waals surface area contributed by atoms with Gasteiger partial charge in [-0.25, -0.2) is 4.79 Å². The van der Waals surface area contributed by atoms with Gasteiger partial charge in [0.15, 0.2) is 0 Å². The van der Waals surface area contributed by atoms with Crippen molar-refractivity contribution in [2.24, 2.45) is 0 Å². The Morgan fingerprint density at radius 1 is 1.40 bits per heavy atom. The molecule has 0 saturated carbocycles. The third-order valence-electron chi connectivity index (χ3n) is 2.79. The molecule has 0 saturated heterocycles. The van der Waals surface area contributed by atoms with Gasteiger partial charge in [0.2, 0.25) is 0 Å². The van der Waals surface area contributed by atoms with E-state index < -0.39 is 0 Å². The van der Waals surface area contributed by atoms with Crippen molar-refractivity contribution in [2.45, 2.75) is 13.5 Å². The lowest BCUT2D eigenvalue weighted by atomic mass is 10.1. The van der Waals surface area contributed by atoms with Gasteiger partial charge in [0.05, 0.1) is 11.6 Å². The molecule has 0 atom stereocenters. The molecule has 1 aromatic carbocycles. The van der Waals surface area contributed by atoms with Crippen molar-refractivity contribution in [3.63, 3.8) is 0 Å². The van der Waals surface area contributed by atoms with Crippen molar-refractivity contribution in [1.29, 1.82) is 5.26 Å². The quantitative estimate of drug-likeness (QED) is 0.896. The maximum absolute atomic E-state index is 11.8. The Hall–Kier alpha value is -2.87. The first-order chi connectivity index (χ1) is 9.69. The molecule has 2 amide bonds. The van der Waals surface area contributed by atoms with Gasteiger partial charge in [0.1, 0.15) is 0 Å². The maximum Gasteiger partial charge on any atom is 0.319 e. The fraction of sp³-hybridized carbons (Fsp3) is 0.133. The lowest BCUT2D eigenvalue weighted by Gasteiger charge is -2.10. The van der Waals surface area contributed by atoms with Gasteiger partial charge < -0.3 is 10.6 Å². The molecule has 0 fully saturated rings. The molecule has 0 spiro atoms. The van der Waals surface area contributed by atoms with E-state index >= 15 is 0 Å². The number of hydrogen-bond acceptors (Lipinski definition) is 3. The minimum Gasteiger partial charge on any atom is -0.334 e. The van der Waals surface area contributed by atoms with Gasteiger partial charge in [-0.2, -0.15) is 5.26 Å². The number of nitriles is 1. The van der Waals surface area contributed by atoms with Crippen molar-refractivity contribution in [3.8, 4) is 6.07 Å². The summed E-state index contributed by atoms with van der Waals surface area (Å²) in [6.07, 6.45) is 3.38. The van der Waals surface area contributed by atoms with Crippen molar-refractivity contribution in [1.82, 2.24) is 10.3 Å². The fourth-order valence-corrected chi connectivity index (χ4v) is 1.68. The molecule has 2 rings (SSSR count). The zero-order valence-electron chi connectivity index (χ0n) is 11.1. The second kappa shape index (κ2) is 6.34. The number of aromatic nitrogens is 1. The Balaban J connectivity index is 1.97. The average Bonchev–Trinajstić information content (AvgIpc) is 2.48. The van der Waals surface area contributed by atoms with Crippen LogP contribution in [0.2, 0.25) is 0 Å². The summed E-state index contributed by atoms with van der Waals surface area (Å²) in [6.45, 7) is 2.27. The molecule has 0 aliphatic heterocycles. The molecule has 20 heavy (non-hydrogen) atoms. The van der Waals surface area contributed by atoms with Crippen LogP contribution >= 0.6 is 0 Å². The number of hydrogen-bond donors (Lipinski definition) is 2. The third-order valence-corrected chi connectivity index (χ3v) is 2.79. The number of carbonyl (C=O) groups is 1. The summed E-state index contributed by atoms with van der Waals surface area (Å²) >= 11 is 0. The van der Waals surface area contributed by atoms with Gasteiger partial charge in [-0.3, -0.25) is 4.98 Å². The molecule has 0 radical (unpaired) electrons. The van der Waals surface area contributed by atoms with Gasteiger partial charge in [-0.05, 0) is 36.2 Å². The van der Waals surface area contributed by atoms with E-state index in [9.17, 15) is 4.79 Å². The van der Waals surface area contributed by atoms with Gasteiger partial charge in [0, 0.05) is 24.6 Å². The first-order valence-electron chi connectivity index (χ1n) is 6.13. The second-order valence-electron chi connectivity index (χ2n) is 4.31. The van der Waals surface area contributed by atoms with Crippen LogP contribution in [-0.4, -0.2) is 11.0 Å². The number of anilines is 1. The van der Waals surface area contributed by atoms with E-state index in [1.54, 1.807) is 30.6 Å². The monoisotopic (exact) mass is 266 g/mol. The highest BCUT2D eigenvalue weighted by Gasteiger charge is 2.05. The van der Waals surface area contributed by atoms with Crippen LogP contribution in [-0.2, 0) is 6.54 Å². The van der Waals surface area contributed by atoms with E-state index in [0.29, 0.717) is 17.8 Å². The Kier molecular flexibility index (Phi) is 4.30. The van der Waals surface area contributed by atoms with Gasteiger partial charge >= 0.3 is 6.03 Å². The first-order valence-corrected chi connectivity index (χ1v) is 6.13. The normalized spacial score (nSPS) is 9.60. The summed E-state index contributed by atoms with van der Waals surface area (Å²) < 4.78 is 0. The smallest absolute Gasteiger partial charge is 0.319 e. The van der Waals surface area contributed by atoms with Crippen LogP contribution in [0.3, 0.4) is 0 Å². The molecular weight excluding hydrogens is 252 g/mol. The van der Waals surface area contributed by atoms with Crippen molar-refractivity contribution < 1.29 is 4.79 Å². The summed E-state index contributed by atoms with van der Waals surface area (Å²) in [6, 6.07) is 10.6. The average molecular weight is 266 g/mol. The predicted molar refractivity (Wildman–Crippen MR) is 76.0 cm³/mol. The van der Waals surface area contributed by atoms with E-state index in [1.165, 1.54) is 0 Å². The van der Waals surface area contributed by atoms with Crippen LogP contribution < -0.4 is 10.6 Å². The molecule has 0 aliphatic rings. The van der Waals surface area contributed by atoms with E-state index in [1.807, 2.05) is 25.1 Å². The summed E-state index contributed by atoms with van der Waals surface area (Å²) in [5.74, 6) is 0. The van der Waals surface area contributed by atoms with Crippen LogP contribution in [0, 0.1) is 18.3 Å². The minimum absolute atomic E-state index is 0.313. The number of nitrogens with one attached hydrogen (secondary N) is 2. The van der Waals surface area contributed by atoms with Gasteiger partial charge in [-0.15, -0.1) is 0 Å². The standard InChI is InChI=1S/C15H14N4O/c1-11-4-5-12(8-16)7-14(11)19-15(20)18-10-13-3-2-6-17-9-13/h2-7,9H,10H2,1H3,(H2,18,19,20). The van der Waals surface area contributed by atoms with E-state index in [4.69, 9.17) is 5.26 Å². The fourth-order valence-electron chi connectivity index (χ4n) is 1.68. The van der Waals surface area contributed by atoms with E-state index in [-0.39, 0.29) is 6.03 Å². The largest absolute Gasteiger partial charge is 0.334 e. The Morgan fingerprint density at radius 2 is 2.25 bits per heavy atom. The number of nitrogens with zero attached hydrogens (tertiary/aromatic N) is 2. The Labute approximate surface area is 117 Å². The lowest BCUT2D eigenvalue weighted by Crippen LogP contribution is -2.28. The summed E-state index contributed by atoms with van der Waals surface area (Å²) in [5.41, 5.74) is 2.97. The van der Waals surface area contributed by atoms with Gasteiger partial charge in [-0.1, -0.05) is 12.1 Å². The van der Waals surface area contributed by atoms with Crippen LogP contribution in [0.4, 0.5) is 10.5 Å². The number of pyridine rings is 1. The highest BCUT2D eigenvalue weighted by atomic mass is 16.2. The summed E-state index contributed by atoms with van der Waals surface area (Å²) in [4.78, 5) is 15.8. The molecule has 2 aromatic rings. The van der Waals surface area contributed by atoms with Gasteiger partial charge in [0.25, 0.3) is 0 Å². The maximum atomic E-state index is 11.8. The highest BCUT2D eigenvalue weighted by molar-refractivity contribution is 5.90. The third kappa shape index (κ3) is 3.56. The molecule has 1 aromatic heterocycles. The predicted octanol–water partition coefficient (Wildman–Crippen LogP) is 2.58. The number of carbonyl (C=O) groups excluding carboxylic acids is 1. The Morgan fingerprint density at radius 3 is 2.95 bits per heavy atom. The highest BCUT2D eigenvalue weighted by Crippen LogP contribution is 2.16. The van der Waals surface area contributed by atoms with Crippen LogP contribution in [0.5, 0.6) is 0 Å². The molecule has 0 bridgehead atoms. The lowest BCUT2D eigenvalue weighted by molar-refractivity contribution is 0.251. The number of aryl methyl sites for hydroxylation is 1. The molecule has 5 heteroatoms. The topological polar surface area (TPSA) is 77.8 Å². The van der Waals surface area contributed by atoms with Crippen LogP contribution in [0.15, 0.2) is 42.7 Å². The van der Waals surface area contributed by atoms with E-state index in [2.05, 4.69) is 15.6 Å². The number of rotatable bonds is 3. The summed E-state index contributed by atoms with van der Waals surface area (Å²) in [5, 5.41) is 14.3. The van der Waals surface area contributed by atoms with E-state index in [0.717, 1.165) is 11.1 Å². The molecule has 2 N–H and O–H groups in total. The van der Waals surface area contributed by atoms with Crippen LogP contribution in [0.25, 0.3) is 0 Å². The Bertz CT molecular complexity index is 647. The summed E-state index contributed by atoms with van der Waals surface area (Å²) in [7, 11) is 0. The molecule has 0 unspecified atom stereocenters. The minimum atomic E-state index is -0.313. The SMILES string of the molecule is Cc1ccc(C#N)cc1NC(=O)NCc1cccnc1.